The average Bonchev–Trinajstić information content (AvgIpc) is 2.37. The molecule has 0 fully saturated rings. The van der Waals surface area contributed by atoms with E-state index in [1.54, 1.807) is 18.3 Å². The van der Waals surface area contributed by atoms with Crippen molar-refractivity contribution in [3.63, 3.8) is 0 Å². The van der Waals surface area contributed by atoms with Crippen LogP contribution in [0.15, 0.2) is 41.3 Å². The van der Waals surface area contributed by atoms with Crippen molar-refractivity contribution in [2.75, 3.05) is 0 Å². The van der Waals surface area contributed by atoms with Crippen molar-refractivity contribution >= 4 is 28.4 Å². The second-order valence-electron chi connectivity index (χ2n) is 4.51. The van der Waals surface area contributed by atoms with Gasteiger partial charge in [-0.25, -0.2) is 0 Å². The molecule has 1 aromatic carbocycles. The summed E-state index contributed by atoms with van der Waals surface area (Å²) in [6.07, 6.45) is 2.22. The van der Waals surface area contributed by atoms with Gasteiger partial charge in [0, 0.05) is 40.7 Å². The monoisotopic (exact) mass is 309 g/mol. The highest BCUT2D eigenvalue weighted by Crippen LogP contribution is 2.16. The predicted molar refractivity (Wildman–Crippen MR) is 81.0 cm³/mol. The Bertz CT molecular complexity index is 707. The third-order valence-electron chi connectivity index (χ3n) is 3.00. The molecule has 20 heavy (non-hydrogen) atoms. The number of aromatic nitrogens is 1. The maximum atomic E-state index is 11.9. The average molecular weight is 310 g/mol. The molecule has 0 bridgehead atoms. The Morgan fingerprint density at radius 1 is 1.30 bits per heavy atom. The minimum absolute atomic E-state index is 0.0845. The van der Waals surface area contributed by atoms with Crippen molar-refractivity contribution in [1.29, 1.82) is 0 Å². The van der Waals surface area contributed by atoms with E-state index in [1.165, 1.54) is 0 Å². The van der Waals surface area contributed by atoms with Crippen molar-refractivity contribution in [3.8, 4) is 5.69 Å². The minimum atomic E-state index is -0.445. The third kappa shape index (κ3) is 3.50. The van der Waals surface area contributed by atoms with Crippen molar-refractivity contribution in [3.05, 3.63) is 63.0 Å². The first-order valence-electron chi connectivity index (χ1n) is 6.14. The maximum Gasteiger partial charge on any atom is 0.221 e. The van der Waals surface area contributed by atoms with Gasteiger partial charge in [0.25, 0.3) is 0 Å². The second-order valence-corrected chi connectivity index (χ2v) is 5.37. The number of aryl methyl sites for hydroxylation is 2. The molecule has 0 aliphatic heterocycles. The minimum Gasteiger partial charge on any atom is -0.321 e. The molecule has 1 aromatic heterocycles. The number of halogens is 2. The van der Waals surface area contributed by atoms with Crippen LogP contribution in [0, 0.1) is 6.92 Å². The van der Waals surface area contributed by atoms with E-state index in [-0.39, 0.29) is 11.8 Å². The van der Waals surface area contributed by atoms with Gasteiger partial charge in [0.2, 0.25) is 5.24 Å². The van der Waals surface area contributed by atoms with Gasteiger partial charge in [-0.1, -0.05) is 17.7 Å². The first-order chi connectivity index (χ1) is 9.47. The highest BCUT2D eigenvalue weighted by atomic mass is 35.5. The van der Waals surface area contributed by atoms with Crippen LogP contribution in [0.3, 0.4) is 0 Å². The topological polar surface area (TPSA) is 39.1 Å². The summed E-state index contributed by atoms with van der Waals surface area (Å²) in [5, 5.41) is 0.178. The van der Waals surface area contributed by atoms with Gasteiger partial charge in [-0.15, -0.1) is 0 Å². The number of rotatable bonds is 4. The Kier molecular flexibility index (Phi) is 4.63. The molecule has 0 aliphatic rings. The van der Waals surface area contributed by atoms with Crippen LogP contribution in [0.5, 0.6) is 0 Å². The standard InChI is InChI=1S/C15H13Cl2NO2/c1-10-7-14(19)11(5-6-15(17)20)9-18(10)13-4-2-3-12(16)8-13/h2-4,7-9H,5-6H2,1H3. The van der Waals surface area contributed by atoms with E-state index in [1.807, 2.05) is 29.7 Å². The molecule has 0 spiro atoms. The Morgan fingerprint density at radius 2 is 2.05 bits per heavy atom. The summed E-state index contributed by atoms with van der Waals surface area (Å²) in [6, 6.07) is 8.90. The summed E-state index contributed by atoms with van der Waals surface area (Å²) in [5.41, 5.74) is 2.15. The lowest BCUT2D eigenvalue weighted by molar-refractivity contribution is -0.111. The third-order valence-corrected chi connectivity index (χ3v) is 3.42. The van der Waals surface area contributed by atoms with Crippen LogP contribution in [0.4, 0.5) is 0 Å². The molecule has 0 radical (unpaired) electrons. The Labute approximate surface area is 126 Å². The zero-order chi connectivity index (χ0) is 14.7. The van der Waals surface area contributed by atoms with E-state index in [4.69, 9.17) is 23.2 Å². The largest absolute Gasteiger partial charge is 0.321 e. The fourth-order valence-corrected chi connectivity index (χ4v) is 2.28. The molecule has 1 heterocycles. The Morgan fingerprint density at radius 3 is 2.70 bits per heavy atom. The first-order valence-corrected chi connectivity index (χ1v) is 6.89. The lowest BCUT2D eigenvalue weighted by atomic mass is 10.1. The molecule has 0 unspecified atom stereocenters. The van der Waals surface area contributed by atoms with Crippen LogP contribution < -0.4 is 5.43 Å². The molecule has 0 amide bonds. The van der Waals surface area contributed by atoms with Crippen molar-refractivity contribution < 1.29 is 4.79 Å². The molecule has 2 aromatic rings. The van der Waals surface area contributed by atoms with E-state index >= 15 is 0 Å². The number of carbonyl (C=O) groups excluding carboxylic acids is 1. The van der Waals surface area contributed by atoms with Gasteiger partial charge in [0.1, 0.15) is 0 Å². The molecule has 0 N–H and O–H groups in total. The van der Waals surface area contributed by atoms with Crippen molar-refractivity contribution in [2.45, 2.75) is 19.8 Å². The molecule has 2 rings (SSSR count). The summed E-state index contributed by atoms with van der Waals surface area (Å²) < 4.78 is 1.88. The van der Waals surface area contributed by atoms with Crippen LogP contribution in [0.2, 0.25) is 5.02 Å². The van der Waals surface area contributed by atoms with Crippen molar-refractivity contribution in [2.24, 2.45) is 0 Å². The van der Waals surface area contributed by atoms with Gasteiger partial charge in [-0.05, 0) is 43.1 Å². The fourth-order valence-electron chi connectivity index (χ4n) is 2.00. The predicted octanol–water partition coefficient (Wildman–Crippen LogP) is 3.50. The Hall–Kier alpha value is -1.58. The number of benzene rings is 1. The number of carbonyl (C=O) groups is 1. The van der Waals surface area contributed by atoms with Crippen LogP contribution >= 0.6 is 23.2 Å². The molecule has 3 nitrogen and oxygen atoms in total. The van der Waals surface area contributed by atoms with Gasteiger partial charge in [0.05, 0.1) is 0 Å². The Balaban J connectivity index is 2.46. The molecule has 0 saturated carbocycles. The van der Waals surface area contributed by atoms with E-state index in [0.717, 1.165) is 11.4 Å². The molecule has 0 saturated heterocycles. The van der Waals surface area contributed by atoms with Gasteiger partial charge < -0.3 is 4.57 Å². The number of pyridine rings is 1. The SMILES string of the molecule is Cc1cc(=O)c(CCC(=O)Cl)cn1-c1cccc(Cl)c1. The van der Waals surface area contributed by atoms with Crippen LogP contribution in [0.1, 0.15) is 17.7 Å². The number of hydrogen-bond donors (Lipinski definition) is 0. The zero-order valence-electron chi connectivity index (χ0n) is 10.9. The molecular weight excluding hydrogens is 297 g/mol. The van der Waals surface area contributed by atoms with Gasteiger partial charge >= 0.3 is 0 Å². The van der Waals surface area contributed by atoms with Crippen LogP contribution in [0.25, 0.3) is 5.69 Å². The maximum absolute atomic E-state index is 11.9. The van der Waals surface area contributed by atoms with E-state index in [2.05, 4.69) is 0 Å². The van der Waals surface area contributed by atoms with Crippen LogP contribution in [-0.4, -0.2) is 9.81 Å². The van der Waals surface area contributed by atoms with Gasteiger partial charge in [-0.2, -0.15) is 0 Å². The van der Waals surface area contributed by atoms with Gasteiger partial charge in [-0.3, -0.25) is 9.59 Å². The normalized spacial score (nSPS) is 10.6. The van der Waals surface area contributed by atoms with Gasteiger partial charge in [0.15, 0.2) is 5.43 Å². The molecular formula is C15H13Cl2NO2. The van der Waals surface area contributed by atoms with E-state index < -0.39 is 5.24 Å². The quantitative estimate of drug-likeness (QED) is 0.811. The number of nitrogens with zero attached hydrogens (tertiary/aromatic N) is 1. The molecule has 0 atom stereocenters. The second kappa shape index (κ2) is 6.25. The van der Waals surface area contributed by atoms with Crippen molar-refractivity contribution in [1.82, 2.24) is 4.57 Å². The zero-order valence-corrected chi connectivity index (χ0v) is 12.4. The lowest BCUT2D eigenvalue weighted by Crippen LogP contribution is -2.14. The fraction of sp³-hybridized carbons (Fsp3) is 0.200. The van der Waals surface area contributed by atoms with E-state index in [0.29, 0.717) is 17.0 Å². The van der Waals surface area contributed by atoms with E-state index in [9.17, 15) is 9.59 Å². The number of hydrogen-bond acceptors (Lipinski definition) is 2. The smallest absolute Gasteiger partial charge is 0.221 e. The summed E-state index contributed by atoms with van der Waals surface area (Å²) >= 11 is 11.3. The summed E-state index contributed by atoms with van der Waals surface area (Å²) in [4.78, 5) is 22.7. The summed E-state index contributed by atoms with van der Waals surface area (Å²) in [7, 11) is 0. The highest BCUT2D eigenvalue weighted by molar-refractivity contribution is 6.63. The summed E-state index contributed by atoms with van der Waals surface area (Å²) in [6.45, 7) is 1.85. The highest BCUT2D eigenvalue weighted by Gasteiger charge is 2.07. The summed E-state index contributed by atoms with van der Waals surface area (Å²) in [5.74, 6) is 0. The van der Waals surface area contributed by atoms with Crippen LogP contribution in [-0.2, 0) is 11.2 Å². The molecule has 104 valence electrons. The molecule has 0 aliphatic carbocycles. The lowest BCUT2D eigenvalue weighted by Gasteiger charge is -2.12. The first kappa shape index (κ1) is 14.8. The molecule has 5 heteroatoms.